The number of ether oxygens (including phenoxy) is 1. The molecule has 1 amide bonds. The number of esters is 1. The number of rotatable bonds is 4. The maximum atomic E-state index is 12.6. The molecule has 0 aliphatic carbocycles. The van der Waals surface area contributed by atoms with E-state index in [4.69, 9.17) is 0 Å². The van der Waals surface area contributed by atoms with Crippen molar-refractivity contribution in [1.82, 2.24) is 14.5 Å². The highest BCUT2D eigenvalue weighted by atomic mass is 32.1. The Bertz CT molecular complexity index is 1030. The van der Waals surface area contributed by atoms with Crippen molar-refractivity contribution >= 4 is 49.9 Å². The molecule has 0 aromatic carbocycles. The van der Waals surface area contributed by atoms with Crippen LogP contribution in [0.15, 0.2) is 17.3 Å². The summed E-state index contributed by atoms with van der Waals surface area (Å²) in [4.78, 5) is 46.3. The Morgan fingerprint density at radius 3 is 2.76 bits per heavy atom. The largest absolute Gasteiger partial charge is 0.465 e. The van der Waals surface area contributed by atoms with Gasteiger partial charge in [0.25, 0.3) is 5.56 Å². The molecule has 0 bridgehead atoms. The molecule has 3 aromatic heterocycles. The lowest BCUT2D eigenvalue weighted by molar-refractivity contribution is -0.116. The van der Waals surface area contributed by atoms with Gasteiger partial charge in [-0.1, -0.05) is 11.3 Å². The lowest BCUT2D eigenvalue weighted by Crippen LogP contribution is -2.27. The lowest BCUT2D eigenvalue weighted by atomic mass is 10.2. The van der Waals surface area contributed by atoms with E-state index in [-0.39, 0.29) is 22.1 Å². The maximum Gasteiger partial charge on any atom is 0.349 e. The Labute approximate surface area is 150 Å². The first-order valence-electron chi connectivity index (χ1n) is 7.20. The second-order valence-corrected chi connectivity index (χ2v) is 7.44. The normalized spacial score (nSPS) is 10.8. The van der Waals surface area contributed by atoms with Crippen LogP contribution in [0.3, 0.4) is 0 Å². The maximum absolute atomic E-state index is 12.6. The number of thiazole rings is 1. The smallest absolute Gasteiger partial charge is 0.349 e. The third-order valence-electron chi connectivity index (χ3n) is 3.61. The first-order valence-corrected chi connectivity index (χ1v) is 8.83. The predicted octanol–water partition coefficient (Wildman–Crippen LogP) is 1.96. The van der Waals surface area contributed by atoms with Gasteiger partial charge in [0.2, 0.25) is 5.91 Å². The summed E-state index contributed by atoms with van der Waals surface area (Å²) in [5.41, 5.74) is 0.631. The second kappa shape index (κ2) is 6.73. The van der Waals surface area contributed by atoms with E-state index < -0.39 is 11.9 Å². The number of amides is 1. The van der Waals surface area contributed by atoms with Gasteiger partial charge in [-0.25, -0.2) is 14.8 Å². The Hall–Kier alpha value is -2.59. The van der Waals surface area contributed by atoms with Crippen LogP contribution in [0.2, 0.25) is 0 Å². The molecule has 25 heavy (non-hydrogen) atoms. The van der Waals surface area contributed by atoms with E-state index >= 15 is 0 Å². The van der Waals surface area contributed by atoms with Crippen LogP contribution in [0, 0.1) is 13.8 Å². The lowest BCUT2D eigenvalue weighted by Gasteiger charge is -2.05. The van der Waals surface area contributed by atoms with Crippen molar-refractivity contribution in [1.29, 1.82) is 0 Å². The SMILES string of the molecule is COC(=O)c1cnc(NC(=O)Cn2cnc3sc(C)c(C)c3c2=O)s1. The number of hydrogen-bond donors (Lipinski definition) is 1. The minimum atomic E-state index is -0.521. The molecule has 1 N–H and O–H groups in total. The fraction of sp³-hybridized carbons (Fsp3) is 0.267. The first kappa shape index (κ1) is 17.2. The number of anilines is 1. The van der Waals surface area contributed by atoms with Gasteiger partial charge in [-0.15, -0.1) is 11.3 Å². The number of methoxy groups -OCH3 is 1. The number of hydrogen-bond acceptors (Lipinski definition) is 8. The topological polar surface area (TPSA) is 103 Å². The van der Waals surface area contributed by atoms with E-state index in [0.717, 1.165) is 21.8 Å². The van der Waals surface area contributed by atoms with Crippen molar-refractivity contribution in [3.05, 3.63) is 38.2 Å². The molecule has 0 radical (unpaired) electrons. The van der Waals surface area contributed by atoms with Gasteiger partial charge in [-0.3, -0.25) is 14.2 Å². The molecule has 0 saturated heterocycles. The number of thiophene rings is 1. The van der Waals surface area contributed by atoms with E-state index in [1.165, 1.54) is 35.5 Å². The molecule has 0 spiro atoms. The molecule has 3 rings (SSSR count). The summed E-state index contributed by atoms with van der Waals surface area (Å²) in [7, 11) is 1.27. The monoisotopic (exact) mass is 378 g/mol. The third kappa shape index (κ3) is 3.30. The number of carbonyl (C=O) groups excluding carboxylic acids is 2. The second-order valence-electron chi connectivity index (χ2n) is 5.21. The van der Waals surface area contributed by atoms with E-state index in [1.54, 1.807) is 0 Å². The first-order chi connectivity index (χ1) is 11.9. The van der Waals surface area contributed by atoms with Crippen LogP contribution >= 0.6 is 22.7 Å². The van der Waals surface area contributed by atoms with Crippen molar-refractivity contribution in [3.63, 3.8) is 0 Å². The van der Waals surface area contributed by atoms with Gasteiger partial charge in [0.05, 0.1) is 25.0 Å². The van der Waals surface area contributed by atoms with Gasteiger partial charge in [0.15, 0.2) is 5.13 Å². The van der Waals surface area contributed by atoms with Crippen LogP contribution in [0.4, 0.5) is 5.13 Å². The van der Waals surface area contributed by atoms with Gasteiger partial charge >= 0.3 is 5.97 Å². The van der Waals surface area contributed by atoms with Crippen molar-refractivity contribution in [2.24, 2.45) is 0 Å². The van der Waals surface area contributed by atoms with Gasteiger partial charge in [-0.05, 0) is 19.4 Å². The van der Waals surface area contributed by atoms with Crippen molar-refractivity contribution in [2.75, 3.05) is 12.4 Å². The van der Waals surface area contributed by atoms with E-state index in [0.29, 0.717) is 10.2 Å². The average Bonchev–Trinajstić information content (AvgIpc) is 3.15. The van der Waals surface area contributed by atoms with E-state index in [2.05, 4.69) is 20.0 Å². The Morgan fingerprint density at radius 2 is 2.04 bits per heavy atom. The van der Waals surface area contributed by atoms with Crippen LogP contribution in [0.25, 0.3) is 10.2 Å². The number of fused-ring (bicyclic) bond motifs is 1. The Balaban J connectivity index is 1.79. The minimum Gasteiger partial charge on any atom is -0.465 e. The zero-order chi connectivity index (χ0) is 18.1. The molecule has 0 aliphatic rings. The summed E-state index contributed by atoms with van der Waals surface area (Å²) in [6, 6.07) is 0. The summed E-state index contributed by atoms with van der Waals surface area (Å²) in [5, 5.41) is 3.36. The summed E-state index contributed by atoms with van der Waals surface area (Å²) in [6.07, 6.45) is 2.69. The molecule has 0 fully saturated rings. The molecular formula is C15H14N4O4S2. The number of nitrogens with one attached hydrogen (secondary N) is 1. The van der Waals surface area contributed by atoms with Gasteiger partial charge in [0, 0.05) is 4.88 Å². The van der Waals surface area contributed by atoms with Crippen LogP contribution in [0.1, 0.15) is 20.1 Å². The third-order valence-corrected chi connectivity index (χ3v) is 5.62. The van der Waals surface area contributed by atoms with Crippen molar-refractivity contribution in [2.45, 2.75) is 20.4 Å². The molecule has 8 nitrogen and oxygen atoms in total. The number of aryl methyl sites for hydroxylation is 2. The summed E-state index contributed by atoms with van der Waals surface area (Å²) in [6.45, 7) is 3.61. The van der Waals surface area contributed by atoms with Crippen LogP contribution in [0.5, 0.6) is 0 Å². The van der Waals surface area contributed by atoms with E-state index in [1.807, 2.05) is 13.8 Å². The number of carbonyl (C=O) groups is 2. The molecular weight excluding hydrogens is 364 g/mol. The summed E-state index contributed by atoms with van der Waals surface area (Å²) < 4.78 is 5.84. The van der Waals surface area contributed by atoms with Crippen molar-refractivity contribution in [3.8, 4) is 0 Å². The highest BCUT2D eigenvalue weighted by Gasteiger charge is 2.15. The standard InChI is InChI=1S/C15H14N4O4S2/c1-7-8(2)24-12-11(7)13(21)19(6-17-12)5-10(20)18-15-16-4-9(25-15)14(22)23-3/h4,6H,5H2,1-3H3,(H,16,18,20). The predicted molar refractivity (Wildman–Crippen MR) is 95.4 cm³/mol. The fourth-order valence-electron chi connectivity index (χ4n) is 2.22. The minimum absolute atomic E-state index is 0.191. The van der Waals surface area contributed by atoms with Crippen molar-refractivity contribution < 1.29 is 14.3 Å². The molecule has 10 heteroatoms. The number of aromatic nitrogens is 3. The quantitative estimate of drug-likeness (QED) is 0.696. The van der Waals surface area contributed by atoms with Crippen LogP contribution < -0.4 is 10.9 Å². The molecule has 0 unspecified atom stereocenters. The number of nitrogens with zero attached hydrogens (tertiary/aromatic N) is 3. The molecule has 0 atom stereocenters. The summed E-state index contributed by atoms with van der Waals surface area (Å²) >= 11 is 2.45. The highest BCUT2D eigenvalue weighted by molar-refractivity contribution is 7.18. The van der Waals surface area contributed by atoms with Crippen LogP contribution in [-0.2, 0) is 16.1 Å². The Morgan fingerprint density at radius 1 is 1.28 bits per heavy atom. The zero-order valence-corrected chi connectivity index (χ0v) is 15.3. The fourth-order valence-corrected chi connectivity index (χ4v) is 3.96. The molecule has 0 aliphatic heterocycles. The average molecular weight is 378 g/mol. The van der Waals surface area contributed by atoms with E-state index in [9.17, 15) is 14.4 Å². The highest BCUT2D eigenvalue weighted by Crippen LogP contribution is 2.25. The van der Waals surface area contributed by atoms with Crippen LogP contribution in [-0.4, -0.2) is 33.5 Å². The van der Waals surface area contributed by atoms with Gasteiger partial charge in [0.1, 0.15) is 16.3 Å². The molecule has 130 valence electrons. The molecule has 3 heterocycles. The zero-order valence-electron chi connectivity index (χ0n) is 13.7. The van der Waals surface area contributed by atoms with Gasteiger partial charge < -0.3 is 10.1 Å². The summed E-state index contributed by atoms with van der Waals surface area (Å²) in [5.74, 6) is -0.953. The molecule has 3 aromatic rings. The van der Waals surface area contributed by atoms with Gasteiger partial charge in [-0.2, -0.15) is 0 Å². The molecule has 0 saturated carbocycles. The Kier molecular flexibility index (Phi) is 4.64.